The Morgan fingerprint density at radius 2 is 1.84 bits per heavy atom. The number of hydrogen-bond acceptors (Lipinski definition) is 4. The van der Waals surface area contributed by atoms with Gasteiger partial charge in [0, 0.05) is 4.88 Å². The van der Waals surface area contributed by atoms with Crippen LogP contribution in [0.25, 0.3) is 0 Å². The molecule has 0 atom stereocenters. The van der Waals surface area contributed by atoms with Crippen molar-refractivity contribution in [1.82, 2.24) is 10.3 Å². The van der Waals surface area contributed by atoms with Gasteiger partial charge in [-0.2, -0.15) is 0 Å². The molecule has 0 saturated heterocycles. The van der Waals surface area contributed by atoms with Crippen molar-refractivity contribution in [2.24, 2.45) is 0 Å². The quantitative estimate of drug-likeness (QED) is 0.798. The highest BCUT2D eigenvalue weighted by Crippen LogP contribution is 2.28. The number of hydrogen-bond donors (Lipinski definition) is 2. The van der Waals surface area contributed by atoms with Gasteiger partial charge >= 0.3 is 0 Å². The maximum Gasteiger partial charge on any atom is 0.276 e. The van der Waals surface area contributed by atoms with E-state index in [1.54, 1.807) is 0 Å². The number of hydrazine groups is 1. The summed E-state index contributed by atoms with van der Waals surface area (Å²) in [5.41, 5.74) is 3.39. The predicted molar refractivity (Wildman–Crippen MR) is 94.4 cm³/mol. The van der Waals surface area contributed by atoms with Gasteiger partial charge in [-0.3, -0.25) is 10.2 Å². The fourth-order valence-corrected chi connectivity index (χ4v) is 4.84. The number of rotatable bonds is 4. The molecule has 1 aromatic carbocycles. The van der Waals surface area contributed by atoms with Gasteiger partial charge in [-0.05, 0) is 55.5 Å². The molecule has 0 spiro atoms. The average molecular weight is 382 g/mol. The Bertz CT molecular complexity index is 852. The molecule has 5 nitrogen and oxygen atoms in total. The van der Waals surface area contributed by atoms with Gasteiger partial charge in [0.05, 0.1) is 9.77 Å². The number of aryl methyl sites for hydroxylation is 2. The maximum atomic E-state index is 13.2. The van der Waals surface area contributed by atoms with Gasteiger partial charge in [0.2, 0.25) is 0 Å². The minimum atomic E-state index is -4.02. The Hall–Kier alpha value is -1.77. The van der Waals surface area contributed by atoms with Crippen LogP contribution in [0.2, 0.25) is 0 Å². The summed E-state index contributed by atoms with van der Waals surface area (Å²) in [6.07, 6.45) is 6.53. The number of thiophene rings is 1. The first-order valence-corrected chi connectivity index (χ1v) is 10.4. The van der Waals surface area contributed by atoms with Crippen LogP contribution in [-0.4, -0.2) is 14.3 Å². The number of benzene rings is 1. The third-order valence-electron chi connectivity index (χ3n) is 4.13. The van der Waals surface area contributed by atoms with E-state index < -0.39 is 21.7 Å². The molecular weight excluding hydrogens is 363 g/mol. The second-order valence-corrected chi connectivity index (χ2v) is 8.81. The third kappa shape index (κ3) is 4.45. The summed E-state index contributed by atoms with van der Waals surface area (Å²) in [5.74, 6) is -1.16. The molecule has 2 N–H and O–H groups in total. The highest BCUT2D eigenvalue weighted by Gasteiger charge is 2.19. The predicted octanol–water partition coefficient (Wildman–Crippen LogP) is 3.17. The summed E-state index contributed by atoms with van der Waals surface area (Å²) in [5, 5.41) is 0. The molecule has 1 heterocycles. The van der Waals surface area contributed by atoms with Crippen LogP contribution >= 0.6 is 11.3 Å². The standard InChI is InChI=1S/C17H19FN2O3S2/c18-13-7-5-8-14(11-13)25(22,23)20-19-17(21)16-10-12-6-3-1-2-4-9-15(12)24-16/h5,7-8,10-11,20H,1-4,6,9H2,(H,19,21). The lowest BCUT2D eigenvalue weighted by atomic mass is 10.00. The number of halogens is 1. The van der Waals surface area contributed by atoms with Crippen LogP contribution in [0, 0.1) is 5.82 Å². The number of carbonyl (C=O) groups is 1. The Labute approximate surface area is 150 Å². The van der Waals surface area contributed by atoms with Crippen LogP contribution in [0.1, 0.15) is 45.8 Å². The van der Waals surface area contributed by atoms with E-state index in [1.165, 1.54) is 46.8 Å². The first kappa shape index (κ1) is 18.0. The van der Waals surface area contributed by atoms with Gasteiger partial charge in [0.15, 0.2) is 0 Å². The molecule has 2 aromatic rings. The third-order valence-corrected chi connectivity index (χ3v) is 6.61. The van der Waals surface area contributed by atoms with Crippen molar-refractivity contribution in [2.45, 2.75) is 43.4 Å². The Balaban J connectivity index is 1.69. The topological polar surface area (TPSA) is 75.3 Å². The number of sulfonamides is 1. The van der Waals surface area contributed by atoms with E-state index in [1.807, 2.05) is 10.9 Å². The summed E-state index contributed by atoms with van der Waals surface area (Å²) >= 11 is 1.41. The van der Waals surface area contributed by atoms with Crippen LogP contribution in [0.4, 0.5) is 4.39 Å². The van der Waals surface area contributed by atoms with Crippen LogP contribution < -0.4 is 10.3 Å². The molecular formula is C17H19FN2O3S2. The molecule has 0 aliphatic heterocycles. The highest BCUT2D eigenvalue weighted by atomic mass is 32.2. The van der Waals surface area contributed by atoms with Crippen LogP contribution in [0.15, 0.2) is 35.2 Å². The number of carbonyl (C=O) groups excluding carboxylic acids is 1. The minimum Gasteiger partial charge on any atom is -0.273 e. The normalized spacial score (nSPS) is 15.1. The number of fused-ring (bicyclic) bond motifs is 1. The molecule has 1 aliphatic carbocycles. The Morgan fingerprint density at radius 1 is 1.08 bits per heavy atom. The molecule has 8 heteroatoms. The van der Waals surface area contributed by atoms with Gasteiger partial charge < -0.3 is 0 Å². The van der Waals surface area contributed by atoms with Crippen molar-refractivity contribution < 1.29 is 17.6 Å². The van der Waals surface area contributed by atoms with Crippen LogP contribution in [0.3, 0.4) is 0 Å². The summed E-state index contributed by atoms with van der Waals surface area (Å²) in [7, 11) is -4.02. The molecule has 3 rings (SSSR count). The molecule has 0 radical (unpaired) electrons. The lowest BCUT2D eigenvalue weighted by molar-refractivity contribution is 0.0949. The molecule has 0 bridgehead atoms. The molecule has 25 heavy (non-hydrogen) atoms. The number of nitrogens with one attached hydrogen (secondary N) is 2. The fourth-order valence-electron chi connectivity index (χ4n) is 2.82. The maximum absolute atomic E-state index is 13.2. The van der Waals surface area contributed by atoms with E-state index in [0.29, 0.717) is 4.88 Å². The smallest absolute Gasteiger partial charge is 0.273 e. The van der Waals surface area contributed by atoms with Gasteiger partial charge in [-0.1, -0.05) is 18.9 Å². The van der Waals surface area contributed by atoms with E-state index in [4.69, 9.17) is 0 Å². The molecule has 134 valence electrons. The van der Waals surface area contributed by atoms with E-state index in [0.717, 1.165) is 37.8 Å². The van der Waals surface area contributed by atoms with Crippen molar-refractivity contribution in [3.63, 3.8) is 0 Å². The molecule has 0 unspecified atom stereocenters. The second kappa shape index (κ2) is 7.63. The minimum absolute atomic E-state index is 0.244. The lowest BCUT2D eigenvalue weighted by Crippen LogP contribution is -2.41. The van der Waals surface area contributed by atoms with Crippen LogP contribution in [0.5, 0.6) is 0 Å². The van der Waals surface area contributed by atoms with Gasteiger partial charge in [-0.15, -0.1) is 16.2 Å². The second-order valence-electron chi connectivity index (χ2n) is 5.99. The number of amides is 1. The zero-order valence-electron chi connectivity index (χ0n) is 13.5. The Morgan fingerprint density at radius 3 is 2.60 bits per heavy atom. The van der Waals surface area contributed by atoms with Crippen molar-refractivity contribution in [1.29, 1.82) is 0 Å². The van der Waals surface area contributed by atoms with Gasteiger partial charge in [0.1, 0.15) is 5.82 Å². The van der Waals surface area contributed by atoms with Crippen molar-refractivity contribution in [2.75, 3.05) is 0 Å². The largest absolute Gasteiger partial charge is 0.276 e. The van der Waals surface area contributed by atoms with E-state index in [2.05, 4.69) is 5.43 Å². The monoisotopic (exact) mass is 382 g/mol. The van der Waals surface area contributed by atoms with E-state index >= 15 is 0 Å². The zero-order valence-corrected chi connectivity index (χ0v) is 15.2. The van der Waals surface area contributed by atoms with Gasteiger partial charge in [-0.25, -0.2) is 12.8 Å². The zero-order chi connectivity index (χ0) is 17.9. The highest BCUT2D eigenvalue weighted by molar-refractivity contribution is 7.89. The molecule has 0 fully saturated rings. The van der Waals surface area contributed by atoms with E-state index in [9.17, 15) is 17.6 Å². The SMILES string of the molecule is O=C(NNS(=O)(=O)c1cccc(F)c1)c1cc2c(s1)CCCCCC2. The molecule has 0 saturated carbocycles. The average Bonchev–Trinajstić information content (AvgIpc) is 2.95. The Kier molecular flexibility index (Phi) is 5.51. The summed E-state index contributed by atoms with van der Waals surface area (Å²) in [4.78, 5) is 15.7. The van der Waals surface area contributed by atoms with Crippen molar-refractivity contribution in [3.8, 4) is 0 Å². The molecule has 1 amide bonds. The lowest BCUT2D eigenvalue weighted by Gasteiger charge is -2.07. The van der Waals surface area contributed by atoms with Gasteiger partial charge in [0.25, 0.3) is 15.9 Å². The van der Waals surface area contributed by atoms with E-state index in [-0.39, 0.29) is 4.90 Å². The van der Waals surface area contributed by atoms with Crippen LogP contribution in [-0.2, 0) is 22.9 Å². The fraction of sp³-hybridized carbons (Fsp3) is 0.353. The molecule has 1 aliphatic rings. The summed E-state index contributed by atoms with van der Waals surface area (Å²) in [6, 6.07) is 6.45. The van der Waals surface area contributed by atoms with Crippen molar-refractivity contribution >= 4 is 27.3 Å². The van der Waals surface area contributed by atoms with Crippen molar-refractivity contribution in [3.05, 3.63) is 51.5 Å². The molecule has 1 aromatic heterocycles. The first-order valence-electron chi connectivity index (χ1n) is 8.15. The summed E-state index contributed by atoms with van der Waals surface area (Å²) < 4.78 is 37.4. The first-order chi connectivity index (χ1) is 12.0. The summed E-state index contributed by atoms with van der Waals surface area (Å²) in [6.45, 7) is 0.